The topological polar surface area (TPSA) is 23.5 Å². The Morgan fingerprint density at radius 1 is 0.913 bits per heavy atom. The van der Waals surface area contributed by atoms with Crippen LogP contribution < -0.4 is 0 Å². The number of nitrogens with zero attached hydrogens (tertiary/aromatic N) is 1. The van der Waals surface area contributed by atoms with Crippen molar-refractivity contribution in [2.45, 2.75) is 43.7 Å². The fourth-order valence-corrected chi connectivity index (χ4v) is 4.42. The van der Waals surface area contributed by atoms with Gasteiger partial charge in [0.05, 0.1) is 0 Å². The van der Waals surface area contributed by atoms with Crippen LogP contribution in [0, 0.1) is 0 Å². The molecule has 2 nitrogen and oxygen atoms in total. The highest BCUT2D eigenvalue weighted by Crippen LogP contribution is 2.41. The van der Waals surface area contributed by atoms with Gasteiger partial charge in [-0.05, 0) is 55.5 Å². The molecule has 0 spiro atoms. The lowest BCUT2D eigenvalue weighted by Crippen LogP contribution is -2.39. The van der Waals surface area contributed by atoms with Crippen molar-refractivity contribution in [3.63, 3.8) is 0 Å². The molecule has 2 aliphatic rings. The minimum absolute atomic E-state index is 0.468. The number of rotatable bonds is 2. The summed E-state index contributed by atoms with van der Waals surface area (Å²) in [6.07, 6.45) is 5.60. The molecule has 23 heavy (non-hydrogen) atoms. The number of aliphatic hydroxyl groups is 1. The van der Waals surface area contributed by atoms with Gasteiger partial charge in [-0.3, -0.25) is 0 Å². The summed E-state index contributed by atoms with van der Waals surface area (Å²) in [5.41, 5.74) is 2.56. The Hall–Kier alpha value is -1.64. The molecule has 1 fully saturated rings. The van der Waals surface area contributed by atoms with E-state index in [1.807, 2.05) is 18.2 Å². The van der Waals surface area contributed by atoms with Crippen LogP contribution in [0.5, 0.6) is 0 Å². The van der Waals surface area contributed by atoms with Crippen LogP contribution in [0.15, 0.2) is 54.6 Å². The highest BCUT2D eigenvalue weighted by Gasteiger charge is 2.40. The van der Waals surface area contributed by atoms with E-state index in [-0.39, 0.29) is 0 Å². The molecular formula is C21H25NO. The third-order valence-corrected chi connectivity index (χ3v) is 5.65. The minimum Gasteiger partial charge on any atom is -0.380 e. The normalized spacial score (nSPS) is 28.3. The number of aryl methyl sites for hydroxylation is 1. The van der Waals surface area contributed by atoms with Gasteiger partial charge in [-0.2, -0.15) is 0 Å². The van der Waals surface area contributed by atoms with Crippen molar-refractivity contribution >= 4 is 0 Å². The summed E-state index contributed by atoms with van der Waals surface area (Å²) in [5, 5.41) is 11.8. The molecule has 0 aromatic heterocycles. The van der Waals surface area contributed by atoms with Crippen LogP contribution in [0.2, 0.25) is 0 Å². The van der Waals surface area contributed by atoms with Crippen molar-refractivity contribution in [2.24, 2.45) is 0 Å². The number of likely N-dealkylation sites (tertiary alicyclic amines) is 1. The zero-order chi connectivity index (χ0) is 15.7. The summed E-state index contributed by atoms with van der Waals surface area (Å²) in [7, 11) is 0. The van der Waals surface area contributed by atoms with Gasteiger partial charge in [0.25, 0.3) is 0 Å². The first kappa shape index (κ1) is 14.9. The van der Waals surface area contributed by atoms with Crippen molar-refractivity contribution in [3.05, 3.63) is 71.3 Å². The van der Waals surface area contributed by atoms with E-state index in [2.05, 4.69) is 41.3 Å². The fraction of sp³-hybridized carbons (Fsp3) is 0.429. The summed E-state index contributed by atoms with van der Waals surface area (Å²) in [5.74, 6) is 0. The van der Waals surface area contributed by atoms with Gasteiger partial charge in [-0.15, -0.1) is 0 Å². The van der Waals surface area contributed by atoms with Gasteiger partial charge < -0.3 is 10.0 Å². The van der Waals surface area contributed by atoms with Gasteiger partial charge in [0, 0.05) is 12.5 Å². The Kier molecular flexibility index (Phi) is 3.96. The summed E-state index contributed by atoms with van der Waals surface area (Å²) in [6.45, 7) is 2.37. The molecule has 2 atom stereocenters. The highest BCUT2D eigenvalue weighted by molar-refractivity contribution is 5.42. The second-order valence-corrected chi connectivity index (χ2v) is 7.02. The van der Waals surface area contributed by atoms with Gasteiger partial charge in [-0.1, -0.05) is 54.6 Å². The van der Waals surface area contributed by atoms with E-state index in [9.17, 15) is 5.11 Å². The fourth-order valence-electron chi connectivity index (χ4n) is 4.42. The molecule has 1 aliphatic heterocycles. The molecule has 1 aliphatic carbocycles. The first-order valence-electron chi connectivity index (χ1n) is 8.88. The molecule has 0 unspecified atom stereocenters. The van der Waals surface area contributed by atoms with E-state index < -0.39 is 5.60 Å². The predicted molar refractivity (Wildman–Crippen MR) is 93.4 cm³/mol. The van der Waals surface area contributed by atoms with Gasteiger partial charge in [-0.25, -0.2) is 0 Å². The van der Waals surface area contributed by atoms with Gasteiger partial charge in [0.1, 0.15) is 5.60 Å². The third-order valence-electron chi connectivity index (χ3n) is 5.65. The molecule has 0 amide bonds. The first-order chi connectivity index (χ1) is 11.3. The Morgan fingerprint density at radius 3 is 2.39 bits per heavy atom. The maximum atomic E-state index is 11.8. The summed E-state index contributed by atoms with van der Waals surface area (Å²) in [6, 6.07) is 19.2. The third kappa shape index (κ3) is 2.71. The minimum atomic E-state index is -0.873. The summed E-state index contributed by atoms with van der Waals surface area (Å²) in [4.78, 5) is 2.60. The number of benzene rings is 2. The van der Waals surface area contributed by atoms with Crippen LogP contribution in [0.1, 0.15) is 42.4 Å². The molecule has 1 saturated heterocycles. The Morgan fingerprint density at radius 2 is 1.61 bits per heavy atom. The summed E-state index contributed by atoms with van der Waals surface area (Å²) >= 11 is 0. The van der Waals surface area contributed by atoms with Crippen LogP contribution in [0.4, 0.5) is 0 Å². The lowest BCUT2D eigenvalue weighted by atomic mass is 9.81. The number of hydrogen-bond acceptors (Lipinski definition) is 2. The van der Waals surface area contributed by atoms with E-state index in [1.54, 1.807) is 0 Å². The van der Waals surface area contributed by atoms with E-state index in [4.69, 9.17) is 0 Å². The van der Waals surface area contributed by atoms with E-state index in [0.29, 0.717) is 6.04 Å². The van der Waals surface area contributed by atoms with E-state index >= 15 is 0 Å². The first-order valence-corrected chi connectivity index (χ1v) is 8.88. The molecule has 0 bridgehead atoms. The maximum Gasteiger partial charge on any atom is 0.116 e. The Bertz CT molecular complexity index is 663. The van der Waals surface area contributed by atoms with Crippen LogP contribution in [0.25, 0.3) is 0 Å². The van der Waals surface area contributed by atoms with E-state index in [0.717, 1.165) is 30.4 Å². The van der Waals surface area contributed by atoms with Crippen molar-refractivity contribution in [1.29, 1.82) is 0 Å². The van der Waals surface area contributed by atoms with Gasteiger partial charge in [0.2, 0.25) is 0 Å². The number of fused-ring (bicyclic) bond motifs is 1. The Balaban J connectivity index is 1.78. The molecule has 0 saturated carbocycles. The highest BCUT2D eigenvalue weighted by atomic mass is 16.3. The zero-order valence-electron chi connectivity index (χ0n) is 13.6. The van der Waals surface area contributed by atoms with Gasteiger partial charge >= 0.3 is 0 Å². The van der Waals surface area contributed by atoms with E-state index in [1.165, 1.54) is 31.5 Å². The molecular weight excluding hydrogens is 282 g/mol. The molecule has 4 rings (SSSR count). The zero-order valence-corrected chi connectivity index (χ0v) is 13.6. The predicted octanol–water partition coefficient (Wildman–Crippen LogP) is 3.72. The quantitative estimate of drug-likeness (QED) is 0.855. The number of hydrogen-bond donors (Lipinski definition) is 1. The second-order valence-electron chi connectivity index (χ2n) is 7.02. The molecule has 2 heteroatoms. The average Bonchev–Trinajstić information content (AvgIpc) is 3.09. The molecule has 2 aromatic carbocycles. The van der Waals surface area contributed by atoms with Crippen LogP contribution in [-0.4, -0.2) is 29.1 Å². The molecule has 1 N–H and O–H groups in total. The molecule has 0 radical (unpaired) electrons. The Labute approximate surface area is 138 Å². The van der Waals surface area contributed by atoms with Gasteiger partial charge in [0.15, 0.2) is 0 Å². The van der Waals surface area contributed by atoms with Crippen molar-refractivity contribution in [2.75, 3.05) is 13.1 Å². The SMILES string of the molecule is O[C@]1(c2ccccc2)C[C@@H](N2CCCC2)CCc2ccccc21. The molecule has 120 valence electrons. The summed E-state index contributed by atoms with van der Waals surface area (Å²) < 4.78 is 0. The monoisotopic (exact) mass is 307 g/mol. The second kappa shape index (κ2) is 6.10. The van der Waals surface area contributed by atoms with Crippen molar-refractivity contribution in [1.82, 2.24) is 4.90 Å². The molecule has 2 aromatic rings. The van der Waals surface area contributed by atoms with Crippen LogP contribution >= 0.6 is 0 Å². The smallest absolute Gasteiger partial charge is 0.116 e. The lowest BCUT2D eigenvalue weighted by Gasteiger charge is -2.35. The standard InChI is InChI=1S/C21H25NO/c23-21(18-9-2-1-3-10-18)16-19(22-14-6-7-15-22)13-12-17-8-4-5-11-20(17)21/h1-5,8-11,19,23H,6-7,12-16H2/t19-,21-/m0/s1. The van der Waals surface area contributed by atoms with Crippen LogP contribution in [-0.2, 0) is 12.0 Å². The van der Waals surface area contributed by atoms with Crippen molar-refractivity contribution < 1.29 is 5.11 Å². The van der Waals surface area contributed by atoms with Crippen molar-refractivity contribution in [3.8, 4) is 0 Å². The lowest BCUT2D eigenvalue weighted by molar-refractivity contribution is 0.0399. The maximum absolute atomic E-state index is 11.8. The average molecular weight is 307 g/mol. The largest absolute Gasteiger partial charge is 0.380 e. The molecule has 1 heterocycles. The van der Waals surface area contributed by atoms with Crippen LogP contribution in [0.3, 0.4) is 0 Å².